The summed E-state index contributed by atoms with van der Waals surface area (Å²) in [6.07, 6.45) is 6.38. The second-order valence-electron chi connectivity index (χ2n) is 3.78. The Balaban J connectivity index is 2.38. The summed E-state index contributed by atoms with van der Waals surface area (Å²) >= 11 is 6.13. The van der Waals surface area contributed by atoms with E-state index in [9.17, 15) is 4.79 Å². The molecule has 0 aromatic carbocycles. The Morgan fingerprint density at radius 2 is 2.36 bits per heavy atom. The number of hydrogen-bond donors (Lipinski definition) is 0. The molecule has 0 radical (unpaired) electrons. The molecule has 2 rings (SSSR count). The Morgan fingerprint density at radius 1 is 1.64 bits per heavy atom. The fraction of sp³-hybridized carbons (Fsp3) is 0.667. The van der Waals surface area contributed by atoms with Crippen molar-refractivity contribution in [1.29, 1.82) is 0 Å². The van der Waals surface area contributed by atoms with E-state index in [0.29, 0.717) is 11.8 Å². The molecule has 0 amide bonds. The van der Waals surface area contributed by atoms with Gasteiger partial charge in [0.05, 0.1) is 5.38 Å². The monoisotopic (exact) mass is 170 g/mol. The molecule has 2 bridgehead atoms. The predicted octanol–water partition coefficient (Wildman–Crippen LogP) is 2.00. The van der Waals surface area contributed by atoms with Gasteiger partial charge in [0.25, 0.3) is 0 Å². The van der Waals surface area contributed by atoms with E-state index in [2.05, 4.69) is 12.2 Å². The number of carbonyl (C=O) groups excluding carboxylic acids is 1. The summed E-state index contributed by atoms with van der Waals surface area (Å²) in [5, 5.41) is 0.0231. The number of alkyl halides is 1. The van der Waals surface area contributed by atoms with Crippen LogP contribution in [-0.2, 0) is 4.79 Å². The Kier molecular flexibility index (Phi) is 1.40. The molecule has 0 unspecified atom stereocenters. The molecule has 1 nitrogen and oxygen atoms in total. The zero-order valence-corrected chi connectivity index (χ0v) is 7.21. The molecular weight excluding hydrogens is 160 g/mol. The molecular formula is C9H11ClO. The Hall–Kier alpha value is -0.300. The van der Waals surface area contributed by atoms with E-state index in [0.717, 1.165) is 12.7 Å². The fourth-order valence-corrected chi connectivity index (χ4v) is 2.62. The summed E-state index contributed by atoms with van der Waals surface area (Å²) in [5.74, 6) is 0.837. The van der Waals surface area contributed by atoms with Crippen LogP contribution in [0.2, 0.25) is 0 Å². The molecule has 1 saturated carbocycles. The molecule has 4 atom stereocenters. The first-order valence-corrected chi connectivity index (χ1v) is 4.41. The smallest absolute Gasteiger partial charge is 0.127 e. The molecule has 0 aliphatic heterocycles. The lowest BCUT2D eigenvalue weighted by Crippen LogP contribution is -2.33. The fourth-order valence-electron chi connectivity index (χ4n) is 2.22. The first-order valence-electron chi connectivity index (χ1n) is 3.97. The number of fused-ring (bicyclic) bond motifs is 2. The van der Waals surface area contributed by atoms with Gasteiger partial charge in [0, 0.05) is 5.41 Å². The van der Waals surface area contributed by atoms with E-state index in [4.69, 9.17) is 11.6 Å². The van der Waals surface area contributed by atoms with Gasteiger partial charge in [0.2, 0.25) is 0 Å². The highest BCUT2D eigenvalue weighted by Crippen LogP contribution is 2.53. The van der Waals surface area contributed by atoms with Crippen molar-refractivity contribution in [1.82, 2.24) is 0 Å². The number of aldehydes is 1. The van der Waals surface area contributed by atoms with Gasteiger partial charge in [-0.1, -0.05) is 19.1 Å². The maximum absolute atomic E-state index is 10.8. The van der Waals surface area contributed by atoms with Crippen LogP contribution in [0.3, 0.4) is 0 Å². The van der Waals surface area contributed by atoms with Crippen LogP contribution in [0.5, 0.6) is 0 Å². The van der Waals surface area contributed by atoms with Crippen LogP contribution in [-0.4, -0.2) is 11.7 Å². The van der Waals surface area contributed by atoms with Crippen molar-refractivity contribution in [3.8, 4) is 0 Å². The van der Waals surface area contributed by atoms with Crippen LogP contribution in [0.1, 0.15) is 13.3 Å². The lowest BCUT2D eigenvalue weighted by Gasteiger charge is -2.29. The van der Waals surface area contributed by atoms with Gasteiger partial charge in [0.15, 0.2) is 0 Å². The van der Waals surface area contributed by atoms with Gasteiger partial charge < -0.3 is 4.79 Å². The lowest BCUT2D eigenvalue weighted by molar-refractivity contribution is -0.116. The number of allylic oxidation sites excluding steroid dienone is 2. The van der Waals surface area contributed by atoms with Gasteiger partial charge in [-0.3, -0.25) is 0 Å². The third-order valence-electron chi connectivity index (χ3n) is 3.14. The molecule has 0 aromatic heterocycles. The zero-order chi connectivity index (χ0) is 8.06. The van der Waals surface area contributed by atoms with E-state index in [-0.39, 0.29) is 10.8 Å². The van der Waals surface area contributed by atoms with Crippen LogP contribution in [0.25, 0.3) is 0 Å². The Bertz CT molecular complexity index is 224. The second-order valence-corrected chi connectivity index (χ2v) is 4.25. The Labute approximate surface area is 71.4 Å². The van der Waals surface area contributed by atoms with Crippen LogP contribution >= 0.6 is 11.6 Å². The highest BCUT2D eigenvalue weighted by molar-refractivity contribution is 6.22. The van der Waals surface area contributed by atoms with Crippen molar-refractivity contribution in [2.45, 2.75) is 18.7 Å². The van der Waals surface area contributed by atoms with Crippen LogP contribution in [0.15, 0.2) is 12.2 Å². The first kappa shape index (κ1) is 7.35. The number of hydrogen-bond acceptors (Lipinski definition) is 1. The summed E-state index contributed by atoms with van der Waals surface area (Å²) < 4.78 is 0. The maximum atomic E-state index is 10.8. The molecule has 0 spiro atoms. The van der Waals surface area contributed by atoms with Gasteiger partial charge in [-0.25, -0.2) is 0 Å². The number of rotatable bonds is 1. The average molecular weight is 171 g/mol. The van der Waals surface area contributed by atoms with Crippen molar-refractivity contribution in [3.63, 3.8) is 0 Å². The second kappa shape index (κ2) is 2.10. The van der Waals surface area contributed by atoms with Crippen molar-refractivity contribution >= 4 is 17.9 Å². The van der Waals surface area contributed by atoms with Gasteiger partial charge >= 0.3 is 0 Å². The predicted molar refractivity (Wildman–Crippen MR) is 44.5 cm³/mol. The summed E-state index contributed by atoms with van der Waals surface area (Å²) in [4.78, 5) is 10.8. The summed E-state index contributed by atoms with van der Waals surface area (Å²) in [5.41, 5.74) is -0.291. The molecule has 0 N–H and O–H groups in total. The van der Waals surface area contributed by atoms with Crippen molar-refractivity contribution in [2.75, 3.05) is 0 Å². The van der Waals surface area contributed by atoms with Gasteiger partial charge in [-0.05, 0) is 18.3 Å². The molecule has 2 heteroatoms. The minimum absolute atomic E-state index is 0.0231. The molecule has 2 aliphatic rings. The maximum Gasteiger partial charge on any atom is 0.127 e. The van der Waals surface area contributed by atoms with Crippen molar-refractivity contribution in [3.05, 3.63) is 12.2 Å². The largest absolute Gasteiger partial charge is 0.303 e. The molecule has 60 valence electrons. The first-order chi connectivity index (χ1) is 5.18. The third-order valence-corrected chi connectivity index (χ3v) is 3.93. The Morgan fingerprint density at radius 3 is 2.73 bits per heavy atom. The topological polar surface area (TPSA) is 17.1 Å². The van der Waals surface area contributed by atoms with E-state index in [1.54, 1.807) is 0 Å². The standard InChI is InChI=1S/C9H11ClO/c1-9(5-11)7-3-2-6(4-7)8(9)10/h2-3,5-8H,4H2,1H3/t6-,7+,8-,9-/m0/s1. The molecule has 0 saturated heterocycles. The quantitative estimate of drug-likeness (QED) is 0.334. The van der Waals surface area contributed by atoms with E-state index in [1.165, 1.54) is 0 Å². The minimum Gasteiger partial charge on any atom is -0.303 e. The van der Waals surface area contributed by atoms with E-state index in [1.807, 2.05) is 6.92 Å². The average Bonchev–Trinajstić information content (AvgIpc) is 2.56. The highest BCUT2D eigenvalue weighted by atomic mass is 35.5. The van der Waals surface area contributed by atoms with Crippen LogP contribution in [0, 0.1) is 17.3 Å². The molecule has 2 aliphatic carbocycles. The number of halogens is 1. The highest BCUT2D eigenvalue weighted by Gasteiger charge is 2.52. The summed E-state index contributed by atoms with van der Waals surface area (Å²) in [7, 11) is 0. The van der Waals surface area contributed by atoms with Gasteiger partial charge in [-0.15, -0.1) is 11.6 Å². The molecule has 11 heavy (non-hydrogen) atoms. The molecule has 0 heterocycles. The summed E-state index contributed by atoms with van der Waals surface area (Å²) in [6, 6.07) is 0. The third kappa shape index (κ3) is 0.750. The van der Waals surface area contributed by atoms with Gasteiger partial charge in [-0.2, -0.15) is 0 Å². The lowest BCUT2D eigenvalue weighted by atomic mass is 9.79. The molecule has 1 fully saturated rings. The normalized spacial score (nSPS) is 53.5. The van der Waals surface area contributed by atoms with Crippen molar-refractivity contribution in [2.24, 2.45) is 17.3 Å². The summed E-state index contributed by atoms with van der Waals surface area (Å²) in [6.45, 7) is 1.96. The van der Waals surface area contributed by atoms with Crippen LogP contribution < -0.4 is 0 Å². The van der Waals surface area contributed by atoms with Gasteiger partial charge in [0.1, 0.15) is 6.29 Å². The zero-order valence-electron chi connectivity index (χ0n) is 6.46. The SMILES string of the molecule is C[C@]1(C=O)[C@@H]2C=C[C@@H](C2)[C@@H]1Cl. The van der Waals surface area contributed by atoms with Crippen LogP contribution in [0.4, 0.5) is 0 Å². The van der Waals surface area contributed by atoms with E-state index < -0.39 is 0 Å². The van der Waals surface area contributed by atoms with Crippen molar-refractivity contribution < 1.29 is 4.79 Å². The molecule has 0 aromatic rings. The number of carbonyl (C=O) groups is 1. The van der Waals surface area contributed by atoms with E-state index >= 15 is 0 Å². The minimum atomic E-state index is -0.291.